The molecule has 9 nitrogen and oxygen atoms in total. The summed E-state index contributed by atoms with van der Waals surface area (Å²) in [5, 5.41) is 22.1. The van der Waals surface area contributed by atoms with Crippen molar-refractivity contribution in [3.8, 4) is 0 Å². The molecule has 1 aliphatic carbocycles. The van der Waals surface area contributed by atoms with Crippen LogP contribution in [0.2, 0.25) is 0 Å². The van der Waals surface area contributed by atoms with E-state index in [1.54, 1.807) is 9.58 Å². The standard InChI is InChI=1S/C23H38N6O3/c1-22(2,3)19(29-13-16(25-26-29)14-7-8-14)21(32)28-12-15(30)11-17(28)20(31)24-18-9-10-27(6)23(18,4)5/h13-15,17-19,30H,7-12H2,1-6H3,(H,24,31)/t15-,17+,18?,19-/m1/s1. The Balaban J connectivity index is 1.55. The van der Waals surface area contributed by atoms with E-state index in [4.69, 9.17) is 0 Å². The molecule has 178 valence electrons. The summed E-state index contributed by atoms with van der Waals surface area (Å²) < 4.78 is 1.66. The number of amides is 2. The number of nitrogens with one attached hydrogen (secondary N) is 1. The SMILES string of the molecule is CN1CCC(NC(=O)[C@@H]2C[C@@H](O)CN2C(=O)[C@@H](n2cc(C3CC3)nn2)C(C)(C)C)C1(C)C. The number of hydrogen-bond donors (Lipinski definition) is 2. The van der Waals surface area contributed by atoms with Crippen LogP contribution in [0.3, 0.4) is 0 Å². The van der Waals surface area contributed by atoms with E-state index < -0.39 is 23.6 Å². The summed E-state index contributed by atoms with van der Waals surface area (Å²) in [6.45, 7) is 11.3. The van der Waals surface area contributed by atoms with Gasteiger partial charge in [0.25, 0.3) is 0 Å². The molecule has 3 heterocycles. The van der Waals surface area contributed by atoms with E-state index in [-0.39, 0.29) is 36.4 Å². The number of β-amino-alcohol motifs (C(OH)–C–C–N with tert-alkyl or cyclic N) is 1. The third-order valence-corrected chi connectivity index (χ3v) is 7.61. The van der Waals surface area contributed by atoms with E-state index >= 15 is 0 Å². The van der Waals surface area contributed by atoms with Gasteiger partial charge in [-0.25, -0.2) is 4.68 Å². The van der Waals surface area contributed by atoms with Crippen LogP contribution >= 0.6 is 0 Å². The number of aromatic nitrogens is 3. The van der Waals surface area contributed by atoms with Gasteiger partial charge in [-0.05, 0) is 45.6 Å². The molecular weight excluding hydrogens is 408 g/mol. The number of carbonyl (C=O) groups excluding carboxylic acids is 2. The Labute approximate surface area is 190 Å². The summed E-state index contributed by atoms with van der Waals surface area (Å²) >= 11 is 0. The molecule has 4 atom stereocenters. The number of aliphatic hydroxyl groups excluding tert-OH is 1. The van der Waals surface area contributed by atoms with E-state index in [2.05, 4.69) is 41.4 Å². The highest BCUT2D eigenvalue weighted by atomic mass is 16.3. The number of likely N-dealkylation sites (N-methyl/N-ethyl adjacent to an activating group) is 1. The molecule has 3 fully saturated rings. The second-order valence-corrected chi connectivity index (χ2v) is 11.5. The number of hydrogen-bond acceptors (Lipinski definition) is 6. The molecule has 9 heteroatoms. The Morgan fingerprint density at radius 2 is 1.94 bits per heavy atom. The average molecular weight is 447 g/mol. The molecule has 4 rings (SSSR count). The minimum Gasteiger partial charge on any atom is -0.391 e. The maximum Gasteiger partial charge on any atom is 0.248 e. The maximum atomic E-state index is 13.8. The van der Waals surface area contributed by atoms with Gasteiger partial charge in [-0.1, -0.05) is 26.0 Å². The van der Waals surface area contributed by atoms with Crippen LogP contribution in [-0.4, -0.2) is 85.6 Å². The summed E-state index contributed by atoms with van der Waals surface area (Å²) in [5.74, 6) is 0.0666. The zero-order valence-corrected chi connectivity index (χ0v) is 20.2. The zero-order chi connectivity index (χ0) is 23.4. The second-order valence-electron chi connectivity index (χ2n) is 11.5. The smallest absolute Gasteiger partial charge is 0.248 e. The monoisotopic (exact) mass is 446 g/mol. The van der Waals surface area contributed by atoms with Gasteiger partial charge in [0.2, 0.25) is 11.8 Å². The Bertz CT molecular complexity index is 871. The largest absolute Gasteiger partial charge is 0.391 e. The molecule has 2 N–H and O–H groups in total. The highest BCUT2D eigenvalue weighted by Gasteiger charge is 2.47. The van der Waals surface area contributed by atoms with E-state index in [0.29, 0.717) is 5.92 Å². The highest BCUT2D eigenvalue weighted by molar-refractivity contribution is 5.90. The van der Waals surface area contributed by atoms with E-state index in [1.165, 1.54) is 0 Å². The molecule has 32 heavy (non-hydrogen) atoms. The fourth-order valence-electron chi connectivity index (χ4n) is 5.07. The van der Waals surface area contributed by atoms with Crippen LogP contribution in [0.15, 0.2) is 6.20 Å². The molecule has 2 amide bonds. The summed E-state index contributed by atoms with van der Waals surface area (Å²) in [6.07, 6.45) is 4.51. The van der Waals surface area contributed by atoms with Gasteiger partial charge >= 0.3 is 0 Å². The lowest BCUT2D eigenvalue weighted by Gasteiger charge is -2.36. The van der Waals surface area contributed by atoms with Crippen molar-refractivity contribution in [2.75, 3.05) is 20.1 Å². The minimum atomic E-state index is -0.715. The van der Waals surface area contributed by atoms with Crippen LogP contribution < -0.4 is 5.32 Å². The maximum absolute atomic E-state index is 13.8. The Morgan fingerprint density at radius 3 is 2.50 bits per heavy atom. The van der Waals surface area contributed by atoms with Crippen LogP contribution in [0, 0.1) is 5.41 Å². The van der Waals surface area contributed by atoms with Gasteiger partial charge in [0.1, 0.15) is 12.1 Å². The lowest BCUT2D eigenvalue weighted by Crippen LogP contribution is -2.56. The lowest BCUT2D eigenvalue weighted by molar-refractivity contribution is -0.144. The van der Waals surface area contributed by atoms with Crippen LogP contribution in [0.4, 0.5) is 0 Å². The summed E-state index contributed by atoms with van der Waals surface area (Å²) in [7, 11) is 2.06. The molecule has 1 aromatic heterocycles. The molecule has 1 aromatic rings. The van der Waals surface area contributed by atoms with Gasteiger partial charge in [0.05, 0.1) is 11.8 Å². The van der Waals surface area contributed by atoms with E-state index in [9.17, 15) is 14.7 Å². The van der Waals surface area contributed by atoms with E-state index in [0.717, 1.165) is 31.5 Å². The number of likely N-dealkylation sites (tertiary alicyclic amines) is 2. The fourth-order valence-corrected chi connectivity index (χ4v) is 5.07. The number of rotatable bonds is 5. The summed E-state index contributed by atoms with van der Waals surface area (Å²) in [6, 6.07) is -1.28. The van der Waals surface area contributed by atoms with Crippen molar-refractivity contribution in [3.63, 3.8) is 0 Å². The quantitative estimate of drug-likeness (QED) is 0.707. The minimum absolute atomic E-state index is 0.00419. The van der Waals surface area contributed by atoms with Gasteiger partial charge in [-0.3, -0.25) is 14.5 Å². The van der Waals surface area contributed by atoms with Crippen molar-refractivity contribution in [1.29, 1.82) is 0 Å². The van der Waals surface area contributed by atoms with Crippen molar-refractivity contribution in [3.05, 3.63) is 11.9 Å². The third-order valence-electron chi connectivity index (χ3n) is 7.61. The molecule has 1 saturated carbocycles. The molecule has 3 aliphatic rings. The molecule has 0 spiro atoms. The van der Waals surface area contributed by atoms with Gasteiger partial charge in [0, 0.05) is 43.2 Å². The average Bonchev–Trinajstić information content (AvgIpc) is 3.21. The van der Waals surface area contributed by atoms with Crippen LogP contribution in [0.5, 0.6) is 0 Å². The highest BCUT2D eigenvalue weighted by Crippen LogP contribution is 2.40. The molecule has 2 aliphatic heterocycles. The second kappa shape index (κ2) is 8.09. The summed E-state index contributed by atoms with van der Waals surface area (Å²) in [4.78, 5) is 30.9. The van der Waals surface area contributed by atoms with Crippen LogP contribution in [-0.2, 0) is 9.59 Å². The van der Waals surface area contributed by atoms with Crippen molar-refractivity contribution in [2.24, 2.45) is 5.41 Å². The topological polar surface area (TPSA) is 104 Å². The Kier molecular flexibility index (Phi) is 5.86. The molecule has 2 saturated heterocycles. The first-order valence-corrected chi connectivity index (χ1v) is 11.8. The normalized spacial score (nSPS) is 29.3. The third kappa shape index (κ3) is 4.29. The van der Waals surface area contributed by atoms with Crippen molar-refractivity contribution < 1.29 is 14.7 Å². The van der Waals surface area contributed by atoms with Crippen molar-refractivity contribution >= 4 is 11.8 Å². The van der Waals surface area contributed by atoms with Gasteiger partial charge < -0.3 is 15.3 Å². The molecule has 1 unspecified atom stereocenters. The van der Waals surface area contributed by atoms with Gasteiger partial charge in [0.15, 0.2) is 0 Å². The van der Waals surface area contributed by atoms with Crippen molar-refractivity contribution in [2.45, 2.75) is 96.0 Å². The fraction of sp³-hybridized carbons (Fsp3) is 0.826. The van der Waals surface area contributed by atoms with Crippen LogP contribution in [0.1, 0.15) is 78.0 Å². The van der Waals surface area contributed by atoms with Gasteiger partial charge in [-0.2, -0.15) is 0 Å². The summed E-state index contributed by atoms with van der Waals surface area (Å²) in [5.41, 5.74) is 0.335. The molecule has 0 radical (unpaired) electrons. The first-order chi connectivity index (χ1) is 14.9. The Morgan fingerprint density at radius 1 is 1.25 bits per heavy atom. The molecular formula is C23H38N6O3. The number of aliphatic hydroxyl groups is 1. The zero-order valence-electron chi connectivity index (χ0n) is 20.2. The lowest BCUT2D eigenvalue weighted by atomic mass is 9.85. The van der Waals surface area contributed by atoms with Gasteiger partial charge in [-0.15, -0.1) is 5.10 Å². The predicted octanol–water partition coefficient (Wildman–Crippen LogP) is 1.30. The Hall–Kier alpha value is -2.00. The first kappa shape index (κ1) is 23.2. The predicted molar refractivity (Wildman–Crippen MR) is 120 cm³/mol. The number of nitrogens with zero attached hydrogens (tertiary/aromatic N) is 5. The first-order valence-electron chi connectivity index (χ1n) is 11.8. The van der Waals surface area contributed by atoms with Crippen LogP contribution in [0.25, 0.3) is 0 Å². The molecule has 0 aromatic carbocycles. The van der Waals surface area contributed by atoms with E-state index in [1.807, 2.05) is 27.0 Å². The molecule has 0 bridgehead atoms. The number of carbonyl (C=O) groups is 2. The van der Waals surface area contributed by atoms with Crippen molar-refractivity contribution in [1.82, 2.24) is 30.1 Å².